The molecule has 114 valence electrons. The van der Waals surface area contributed by atoms with E-state index in [0.717, 1.165) is 5.56 Å². The molecule has 6 heteroatoms. The van der Waals surface area contributed by atoms with Gasteiger partial charge in [-0.3, -0.25) is 0 Å². The van der Waals surface area contributed by atoms with Crippen LogP contribution < -0.4 is 5.84 Å². The zero-order valence-corrected chi connectivity index (χ0v) is 12.0. The molecule has 22 heavy (non-hydrogen) atoms. The lowest BCUT2D eigenvalue weighted by Crippen LogP contribution is -2.29. The number of carboxylic acid groups (broad SMARTS) is 1. The van der Waals surface area contributed by atoms with Crippen LogP contribution in [0.3, 0.4) is 0 Å². The summed E-state index contributed by atoms with van der Waals surface area (Å²) in [7, 11) is 0. The minimum atomic E-state index is -1.07. The van der Waals surface area contributed by atoms with Crippen molar-refractivity contribution in [3.05, 3.63) is 59.2 Å². The molecule has 1 aromatic carbocycles. The van der Waals surface area contributed by atoms with E-state index in [0.29, 0.717) is 0 Å². The maximum atomic E-state index is 12.2. The Morgan fingerprint density at radius 3 is 2.55 bits per heavy atom. The number of allylic oxidation sites excluding steroid dienone is 2. The lowest BCUT2D eigenvalue weighted by molar-refractivity contribution is -0.140. The third-order valence-electron chi connectivity index (χ3n) is 3.40. The number of hydrogen-bond donors (Lipinski definition) is 2. The Balaban J connectivity index is 2.16. The van der Waals surface area contributed by atoms with E-state index < -0.39 is 17.9 Å². The Bertz CT molecular complexity index is 675. The summed E-state index contributed by atoms with van der Waals surface area (Å²) in [6, 6.07) is 9.24. The molecule has 1 aliphatic carbocycles. The van der Waals surface area contributed by atoms with Crippen molar-refractivity contribution in [2.45, 2.75) is 13.5 Å². The van der Waals surface area contributed by atoms with Gasteiger partial charge in [0.2, 0.25) is 0 Å². The van der Waals surface area contributed by atoms with Gasteiger partial charge in [0.1, 0.15) is 6.61 Å². The first kappa shape index (κ1) is 15.5. The van der Waals surface area contributed by atoms with E-state index in [1.165, 1.54) is 12.2 Å². The number of carbonyl (C=O) groups is 2. The number of aliphatic carboxylic acids is 1. The molecule has 1 unspecified atom stereocenters. The summed E-state index contributed by atoms with van der Waals surface area (Å²) in [6.45, 7) is 1.75. The fourth-order valence-electron chi connectivity index (χ4n) is 2.19. The summed E-state index contributed by atoms with van der Waals surface area (Å²) < 4.78 is 5.22. The molecular weight excluding hydrogens is 284 g/mol. The van der Waals surface area contributed by atoms with Gasteiger partial charge in [-0.25, -0.2) is 9.59 Å². The summed E-state index contributed by atoms with van der Waals surface area (Å²) in [5.74, 6) is 3.08. The topological polar surface area (TPSA) is 102 Å². The molecule has 1 aromatic rings. The Kier molecular flexibility index (Phi) is 4.73. The number of ether oxygens (including phenoxy) is 1. The van der Waals surface area contributed by atoms with E-state index in [1.54, 1.807) is 6.92 Å². The molecule has 6 nitrogen and oxygen atoms in total. The first-order chi connectivity index (χ1) is 10.5. The molecule has 0 saturated carbocycles. The van der Waals surface area contributed by atoms with Gasteiger partial charge in [0.05, 0.1) is 11.3 Å². The van der Waals surface area contributed by atoms with Crippen molar-refractivity contribution in [2.24, 2.45) is 16.9 Å². The Morgan fingerprint density at radius 1 is 1.27 bits per heavy atom. The molecule has 0 bridgehead atoms. The van der Waals surface area contributed by atoms with Crippen LogP contribution in [0.25, 0.3) is 0 Å². The van der Waals surface area contributed by atoms with Crippen LogP contribution in [0.2, 0.25) is 0 Å². The molecule has 0 spiro atoms. The van der Waals surface area contributed by atoms with Crippen LogP contribution in [0.15, 0.2) is 58.7 Å². The first-order valence-corrected chi connectivity index (χ1v) is 6.69. The molecule has 1 atom stereocenters. The van der Waals surface area contributed by atoms with Gasteiger partial charge in [-0.2, -0.15) is 5.10 Å². The number of rotatable bonds is 4. The third-order valence-corrected chi connectivity index (χ3v) is 3.40. The van der Waals surface area contributed by atoms with Gasteiger partial charge < -0.3 is 15.7 Å². The third kappa shape index (κ3) is 3.22. The van der Waals surface area contributed by atoms with Crippen LogP contribution in [0, 0.1) is 5.92 Å². The zero-order chi connectivity index (χ0) is 16.1. The number of carbonyl (C=O) groups excluding carboxylic acids is 1. The van der Waals surface area contributed by atoms with Crippen molar-refractivity contribution in [1.29, 1.82) is 0 Å². The second-order valence-electron chi connectivity index (χ2n) is 4.81. The summed E-state index contributed by atoms with van der Waals surface area (Å²) in [6.07, 6.45) is 2.75. The van der Waals surface area contributed by atoms with E-state index in [-0.39, 0.29) is 23.5 Å². The van der Waals surface area contributed by atoms with Crippen LogP contribution >= 0.6 is 0 Å². The van der Waals surface area contributed by atoms with Gasteiger partial charge in [-0.05, 0) is 11.6 Å². The van der Waals surface area contributed by atoms with Crippen LogP contribution in [0.4, 0.5) is 0 Å². The first-order valence-electron chi connectivity index (χ1n) is 6.69. The summed E-state index contributed by atoms with van der Waals surface area (Å²) in [4.78, 5) is 23.3. The predicted octanol–water partition coefficient (Wildman–Crippen LogP) is 1.63. The van der Waals surface area contributed by atoms with Crippen molar-refractivity contribution < 1.29 is 19.4 Å². The molecule has 3 N–H and O–H groups in total. The standard InChI is InChI=1S/C16H16N2O4/c1-10-12(15(19)20)7-8-13(14(10)18-17)16(21)22-9-11-5-3-2-4-6-11/h2-8,10H,9,17H2,1H3,(H,19,20). The Morgan fingerprint density at radius 2 is 1.95 bits per heavy atom. The molecule has 0 radical (unpaired) electrons. The van der Waals surface area contributed by atoms with E-state index in [1.807, 2.05) is 30.3 Å². The summed E-state index contributed by atoms with van der Waals surface area (Å²) in [5, 5.41) is 12.7. The minimum Gasteiger partial charge on any atom is -0.478 e. The number of benzene rings is 1. The number of nitrogens with zero attached hydrogens (tertiary/aromatic N) is 1. The summed E-state index contributed by atoms with van der Waals surface area (Å²) >= 11 is 0. The second kappa shape index (κ2) is 6.71. The smallest absolute Gasteiger partial charge is 0.340 e. The molecule has 1 aliphatic rings. The molecular formula is C16H16N2O4. The molecule has 0 aliphatic heterocycles. The van der Waals surface area contributed by atoms with Gasteiger partial charge in [-0.15, -0.1) is 0 Å². The Hall–Kier alpha value is -2.89. The lowest BCUT2D eigenvalue weighted by atomic mass is 9.86. The fourth-order valence-corrected chi connectivity index (χ4v) is 2.19. The highest BCUT2D eigenvalue weighted by Crippen LogP contribution is 2.24. The molecule has 0 aromatic heterocycles. The number of esters is 1. The summed E-state index contributed by atoms with van der Waals surface area (Å²) in [5.41, 5.74) is 1.37. The van der Waals surface area contributed by atoms with Crippen LogP contribution in [0.1, 0.15) is 12.5 Å². The highest BCUT2D eigenvalue weighted by Gasteiger charge is 2.30. The maximum Gasteiger partial charge on any atom is 0.340 e. The second-order valence-corrected chi connectivity index (χ2v) is 4.81. The molecule has 0 heterocycles. The van der Waals surface area contributed by atoms with Crippen LogP contribution in [-0.2, 0) is 20.9 Å². The normalized spacial score (nSPS) is 19.3. The minimum absolute atomic E-state index is 0.124. The van der Waals surface area contributed by atoms with Gasteiger partial charge in [0.15, 0.2) is 0 Å². The van der Waals surface area contributed by atoms with Crippen molar-refractivity contribution in [3.8, 4) is 0 Å². The average molecular weight is 300 g/mol. The van der Waals surface area contributed by atoms with Crippen LogP contribution in [-0.4, -0.2) is 22.8 Å². The number of carboxylic acids is 1. The predicted molar refractivity (Wildman–Crippen MR) is 80.8 cm³/mol. The molecule has 0 amide bonds. The number of hydrazone groups is 1. The van der Waals surface area contributed by atoms with Crippen molar-refractivity contribution in [1.82, 2.24) is 0 Å². The van der Waals surface area contributed by atoms with Gasteiger partial charge in [-0.1, -0.05) is 43.3 Å². The Labute approximate surface area is 127 Å². The van der Waals surface area contributed by atoms with Crippen LogP contribution in [0.5, 0.6) is 0 Å². The fraction of sp³-hybridized carbons (Fsp3) is 0.188. The van der Waals surface area contributed by atoms with E-state index in [2.05, 4.69) is 5.10 Å². The largest absolute Gasteiger partial charge is 0.478 e. The number of nitrogens with two attached hydrogens (primary N) is 1. The number of hydrogen-bond acceptors (Lipinski definition) is 5. The van der Waals surface area contributed by atoms with Gasteiger partial charge >= 0.3 is 11.9 Å². The quantitative estimate of drug-likeness (QED) is 0.500. The average Bonchev–Trinajstić information content (AvgIpc) is 2.52. The molecule has 0 fully saturated rings. The van der Waals surface area contributed by atoms with Crippen molar-refractivity contribution in [3.63, 3.8) is 0 Å². The van der Waals surface area contributed by atoms with Gasteiger partial charge in [0.25, 0.3) is 0 Å². The molecule has 2 rings (SSSR count). The highest BCUT2D eigenvalue weighted by atomic mass is 16.5. The van der Waals surface area contributed by atoms with Crippen molar-refractivity contribution in [2.75, 3.05) is 0 Å². The van der Waals surface area contributed by atoms with E-state index >= 15 is 0 Å². The van der Waals surface area contributed by atoms with E-state index in [4.69, 9.17) is 15.7 Å². The SMILES string of the molecule is CC1C(C(=O)O)=CC=C(C(=O)OCc2ccccc2)C1=NN. The zero-order valence-electron chi connectivity index (χ0n) is 12.0. The monoisotopic (exact) mass is 300 g/mol. The molecule has 0 saturated heterocycles. The van der Waals surface area contributed by atoms with Crippen molar-refractivity contribution >= 4 is 17.7 Å². The highest BCUT2D eigenvalue weighted by molar-refractivity contribution is 6.23. The lowest BCUT2D eigenvalue weighted by Gasteiger charge is -2.20. The van der Waals surface area contributed by atoms with Gasteiger partial charge in [0, 0.05) is 11.5 Å². The van der Waals surface area contributed by atoms with E-state index in [9.17, 15) is 9.59 Å². The maximum absolute atomic E-state index is 12.2.